The maximum Gasteiger partial charge on any atom is 0.500 e. The second-order valence-corrected chi connectivity index (χ2v) is 5.25. The Balaban J connectivity index is 4.00. The van der Waals surface area contributed by atoms with Crippen molar-refractivity contribution in [2.24, 2.45) is 0 Å². The average Bonchev–Trinajstić information content (AvgIpc) is 2.14. The monoisotopic (exact) mass is 190 g/mol. The Morgan fingerprint density at radius 3 is 2.08 bits per heavy atom. The van der Waals surface area contributed by atoms with Crippen molar-refractivity contribution in [3.05, 3.63) is 6.08 Å². The highest BCUT2D eigenvalue weighted by Gasteiger charge is 2.36. The predicted octanol–water partition coefficient (Wildman–Crippen LogP) is 0.642. The minimum absolute atomic E-state index is 0.575. The average molecular weight is 190 g/mol. The van der Waals surface area contributed by atoms with Gasteiger partial charge >= 0.3 is 8.80 Å². The first kappa shape index (κ1) is 11.5. The lowest BCUT2D eigenvalue weighted by atomic mass is 10.5. The summed E-state index contributed by atoms with van der Waals surface area (Å²) in [6, 6.07) is 0.603. The fraction of sp³-hybridized carbons (Fsp3) is 0.714. The van der Waals surface area contributed by atoms with Gasteiger partial charge in [0.05, 0.1) is 0 Å². The van der Waals surface area contributed by atoms with Crippen molar-refractivity contribution in [3.63, 3.8) is 0 Å². The molecule has 0 N–H and O–H groups in total. The van der Waals surface area contributed by atoms with Crippen molar-refractivity contribution in [1.82, 2.24) is 0 Å². The van der Waals surface area contributed by atoms with E-state index in [4.69, 9.17) is 13.3 Å². The number of rotatable bonds is 6. The van der Waals surface area contributed by atoms with Crippen LogP contribution in [-0.4, -0.2) is 36.1 Å². The number of carbonyl (C=O) groups excluding carboxylic acids is 1. The first-order valence-corrected chi connectivity index (χ1v) is 5.52. The summed E-state index contributed by atoms with van der Waals surface area (Å²) in [6.45, 7) is 0. The van der Waals surface area contributed by atoms with Crippen molar-refractivity contribution in [2.75, 3.05) is 21.3 Å². The van der Waals surface area contributed by atoms with Crippen LogP contribution in [0.4, 0.5) is 0 Å². The highest BCUT2D eigenvalue weighted by atomic mass is 28.4. The summed E-state index contributed by atoms with van der Waals surface area (Å²) in [5, 5.41) is 0. The molecule has 5 heteroatoms. The van der Waals surface area contributed by atoms with E-state index >= 15 is 0 Å². The Labute approximate surface area is 73.5 Å². The van der Waals surface area contributed by atoms with Gasteiger partial charge in [-0.15, -0.1) is 0 Å². The number of hydrogen-bond acceptors (Lipinski definition) is 4. The summed E-state index contributed by atoms with van der Waals surface area (Å²) in [7, 11) is 2.17. The van der Waals surface area contributed by atoms with Crippen LogP contribution in [0.1, 0.15) is 6.42 Å². The molecule has 0 aliphatic heterocycles. The molecule has 0 aromatic rings. The van der Waals surface area contributed by atoms with Gasteiger partial charge in [-0.3, -0.25) is 0 Å². The molecule has 0 radical (unpaired) electrons. The molecule has 0 atom stereocenters. The van der Waals surface area contributed by atoms with E-state index in [1.807, 2.05) is 0 Å². The van der Waals surface area contributed by atoms with Crippen LogP contribution < -0.4 is 0 Å². The van der Waals surface area contributed by atoms with E-state index in [2.05, 4.69) is 0 Å². The summed E-state index contributed by atoms with van der Waals surface area (Å²) in [5.74, 6) is 1.69. The molecular weight excluding hydrogens is 176 g/mol. The molecule has 12 heavy (non-hydrogen) atoms. The summed E-state index contributed by atoms with van der Waals surface area (Å²) in [6.07, 6.45) is 1.98. The first-order valence-electron chi connectivity index (χ1n) is 3.59. The fourth-order valence-corrected chi connectivity index (χ4v) is 2.47. The Morgan fingerprint density at radius 2 is 1.75 bits per heavy atom. The highest BCUT2D eigenvalue weighted by molar-refractivity contribution is 6.60. The summed E-state index contributed by atoms with van der Waals surface area (Å²) in [4.78, 5) is 9.87. The van der Waals surface area contributed by atoms with E-state index in [1.165, 1.54) is 6.08 Å². The molecule has 70 valence electrons. The minimum Gasteiger partial charge on any atom is -0.377 e. The Hall–Kier alpha value is -0.453. The smallest absolute Gasteiger partial charge is 0.377 e. The number of allylic oxidation sites excluding steroid dienone is 1. The van der Waals surface area contributed by atoms with Crippen LogP contribution in [0.2, 0.25) is 6.04 Å². The highest BCUT2D eigenvalue weighted by Crippen LogP contribution is 2.14. The topological polar surface area (TPSA) is 44.8 Å². The van der Waals surface area contributed by atoms with E-state index in [9.17, 15) is 4.79 Å². The molecule has 0 heterocycles. The van der Waals surface area contributed by atoms with Crippen molar-refractivity contribution in [2.45, 2.75) is 12.5 Å². The lowest BCUT2D eigenvalue weighted by molar-refractivity contribution is 0.124. The van der Waals surface area contributed by atoms with E-state index in [1.54, 1.807) is 27.3 Å². The zero-order chi connectivity index (χ0) is 9.45. The third-order valence-electron chi connectivity index (χ3n) is 1.61. The molecule has 0 rings (SSSR count). The molecule has 0 spiro atoms. The van der Waals surface area contributed by atoms with Crippen molar-refractivity contribution in [3.8, 4) is 0 Å². The Morgan fingerprint density at radius 1 is 1.25 bits per heavy atom. The largest absolute Gasteiger partial charge is 0.500 e. The molecule has 0 saturated carbocycles. The SMILES string of the molecule is CO[Si](CCC=C=O)(OC)OC. The van der Waals surface area contributed by atoms with Gasteiger partial charge in [0.15, 0.2) is 0 Å². The quantitative estimate of drug-likeness (QED) is 0.455. The van der Waals surface area contributed by atoms with E-state index in [0.29, 0.717) is 12.5 Å². The van der Waals surface area contributed by atoms with Crippen LogP contribution in [0.5, 0.6) is 0 Å². The molecule has 0 amide bonds. The van der Waals surface area contributed by atoms with Crippen LogP contribution in [0, 0.1) is 0 Å². The van der Waals surface area contributed by atoms with Gasteiger partial charge in [0, 0.05) is 27.4 Å². The maximum absolute atomic E-state index is 9.87. The minimum atomic E-state index is -2.46. The predicted molar refractivity (Wildman–Crippen MR) is 46.5 cm³/mol. The van der Waals surface area contributed by atoms with E-state index in [-0.39, 0.29) is 0 Å². The molecule has 0 fully saturated rings. The van der Waals surface area contributed by atoms with Crippen LogP contribution in [0.25, 0.3) is 0 Å². The normalized spacial score (nSPS) is 10.9. The molecule has 0 bridgehead atoms. The van der Waals surface area contributed by atoms with E-state index < -0.39 is 8.80 Å². The Bertz CT molecular complexity index is 153. The fourth-order valence-electron chi connectivity index (χ4n) is 0.864. The molecule has 4 nitrogen and oxygen atoms in total. The third-order valence-corrected chi connectivity index (χ3v) is 4.38. The zero-order valence-corrected chi connectivity index (χ0v) is 8.62. The summed E-state index contributed by atoms with van der Waals surface area (Å²) in [5.41, 5.74) is 0. The van der Waals surface area contributed by atoms with Gasteiger partial charge in [0.25, 0.3) is 0 Å². The molecule has 0 aromatic carbocycles. The third kappa shape index (κ3) is 3.30. The van der Waals surface area contributed by atoms with E-state index in [0.717, 1.165) is 0 Å². The zero-order valence-electron chi connectivity index (χ0n) is 7.62. The lowest BCUT2D eigenvalue weighted by Gasteiger charge is -2.23. The summed E-state index contributed by atoms with van der Waals surface area (Å²) >= 11 is 0. The van der Waals surface area contributed by atoms with Gasteiger partial charge in [-0.2, -0.15) is 0 Å². The molecular formula is C7H14O4Si. The maximum atomic E-state index is 9.87. The standard InChI is InChI=1S/C7H14O4Si/c1-9-12(10-2,11-3)7-5-4-6-8/h4H,5,7H2,1-3H3. The molecule has 0 aromatic heterocycles. The van der Waals surface area contributed by atoms with Gasteiger partial charge in [-0.05, 0) is 12.5 Å². The van der Waals surface area contributed by atoms with Crippen LogP contribution in [0.15, 0.2) is 6.08 Å². The van der Waals surface area contributed by atoms with Crippen LogP contribution in [-0.2, 0) is 18.1 Å². The van der Waals surface area contributed by atoms with Crippen LogP contribution in [0.3, 0.4) is 0 Å². The van der Waals surface area contributed by atoms with Gasteiger partial charge in [0.1, 0.15) is 5.94 Å². The molecule has 0 saturated heterocycles. The van der Waals surface area contributed by atoms with Crippen molar-refractivity contribution in [1.29, 1.82) is 0 Å². The van der Waals surface area contributed by atoms with Gasteiger partial charge in [0.2, 0.25) is 0 Å². The van der Waals surface area contributed by atoms with Crippen LogP contribution >= 0.6 is 0 Å². The molecule has 0 unspecified atom stereocenters. The first-order chi connectivity index (χ1) is 5.74. The van der Waals surface area contributed by atoms with Crippen molar-refractivity contribution >= 4 is 14.7 Å². The Kier molecular flexibility index (Phi) is 5.88. The molecule has 0 aliphatic rings. The lowest BCUT2D eigenvalue weighted by Crippen LogP contribution is -2.42. The van der Waals surface area contributed by atoms with Gasteiger partial charge in [-0.1, -0.05) is 0 Å². The van der Waals surface area contributed by atoms with Gasteiger partial charge in [-0.25, -0.2) is 4.79 Å². The van der Waals surface area contributed by atoms with Gasteiger partial charge < -0.3 is 13.3 Å². The molecule has 0 aliphatic carbocycles. The summed E-state index contributed by atoms with van der Waals surface area (Å²) < 4.78 is 15.4. The second-order valence-electron chi connectivity index (χ2n) is 2.16. The number of hydrogen-bond donors (Lipinski definition) is 0. The second kappa shape index (κ2) is 6.11. The van der Waals surface area contributed by atoms with Crippen molar-refractivity contribution < 1.29 is 18.1 Å².